The molecule has 1 fully saturated rings. The highest BCUT2D eigenvalue weighted by atomic mass is 35.5. The third kappa shape index (κ3) is 5.25. The van der Waals surface area contributed by atoms with Gasteiger partial charge in [0.1, 0.15) is 11.6 Å². The average Bonchev–Trinajstić information content (AvgIpc) is 2.81. The van der Waals surface area contributed by atoms with Crippen LogP contribution in [0.25, 0.3) is 0 Å². The number of piperidine rings is 1. The number of nitrogens with one attached hydrogen (secondary N) is 2. The van der Waals surface area contributed by atoms with E-state index in [4.69, 9.17) is 9.73 Å². The third-order valence-corrected chi connectivity index (χ3v) is 8.92. The Morgan fingerprint density at radius 2 is 1.79 bits per heavy atom. The zero-order chi connectivity index (χ0) is 23.6. The molecule has 0 aliphatic carbocycles. The summed E-state index contributed by atoms with van der Waals surface area (Å²) in [6, 6.07) is 11.7. The van der Waals surface area contributed by atoms with Gasteiger partial charge in [-0.05, 0) is 74.1 Å². The van der Waals surface area contributed by atoms with Crippen LogP contribution in [0.4, 0.5) is 0 Å². The second-order valence-electron chi connectivity index (χ2n) is 9.05. The number of sulfonamides is 1. The van der Waals surface area contributed by atoms with Crippen molar-refractivity contribution in [1.82, 2.24) is 14.9 Å². The molecule has 1 spiro atoms. The molecule has 4 rings (SSSR count). The monoisotopic (exact) mass is 506 g/mol. The van der Waals surface area contributed by atoms with Crippen molar-refractivity contribution in [3.8, 4) is 5.75 Å². The summed E-state index contributed by atoms with van der Waals surface area (Å²) >= 11 is 0. The number of amidine groups is 1. The third-order valence-electron chi connectivity index (χ3n) is 6.88. The Hall–Kier alpha value is -2.13. The van der Waals surface area contributed by atoms with E-state index in [2.05, 4.69) is 16.7 Å². The lowest BCUT2D eigenvalue weighted by molar-refractivity contribution is 0.241. The maximum atomic E-state index is 13.4. The molecule has 0 bridgehead atoms. The molecule has 2 aromatic rings. The summed E-state index contributed by atoms with van der Waals surface area (Å²) in [6.45, 7) is 8.92. The number of methoxy groups -OCH3 is 1. The van der Waals surface area contributed by atoms with Crippen LogP contribution in [0.1, 0.15) is 35.1 Å². The molecule has 7 nitrogen and oxygen atoms in total. The van der Waals surface area contributed by atoms with E-state index in [1.54, 1.807) is 11.4 Å². The van der Waals surface area contributed by atoms with E-state index in [0.717, 1.165) is 40.4 Å². The fourth-order valence-electron chi connectivity index (χ4n) is 4.76. The summed E-state index contributed by atoms with van der Waals surface area (Å²) in [5.41, 5.74) is 3.71. The lowest BCUT2D eigenvalue weighted by Gasteiger charge is -2.44. The van der Waals surface area contributed by atoms with Crippen LogP contribution in [0.5, 0.6) is 5.75 Å². The molecule has 0 saturated carbocycles. The lowest BCUT2D eigenvalue weighted by Crippen LogP contribution is -2.64. The van der Waals surface area contributed by atoms with Crippen LogP contribution in [-0.4, -0.2) is 57.4 Å². The van der Waals surface area contributed by atoms with E-state index in [1.807, 2.05) is 51.1 Å². The van der Waals surface area contributed by atoms with Crippen LogP contribution in [0.15, 0.2) is 46.3 Å². The van der Waals surface area contributed by atoms with E-state index < -0.39 is 10.0 Å². The number of nitrogens with zero attached hydrogens (tertiary/aromatic N) is 2. The molecule has 34 heavy (non-hydrogen) atoms. The number of benzene rings is 2. The zero-order valence-electron chi connectivity index (χ0n) is 20.3. The summed E-state index contributed by atoms with van der Waals surface area (Å²) in [5, 5.41) is 7.17. The second kappa shape index (κ2) is 10.6. The molecule has 1 saturated heterocycles. The number of hydrogen-bond donors (Lipinski definition) is 2. The van der Waals surface area contributed by atoms with E-state index in [9.17, 15) is 8.42 Å². The molecule has 0 aromatic heterocycles. The predicted molar refractivity (Wildman–Crippen MR) is 139 cm³/mol. The Balaban J connectivity index is 0.00000324. The number of hydrogen-bond acceptors (Lipinski definition) is 6. The van der Waals surface area contributed by atoms with Gasteiger partial charge in [0.25, 0.3) is 0 Å². The van der Waals surface area contributed by atoms with Crippen molar-refractivity contribution in [3.05, 3.63) is 58.7 Å². The first-order chi connectivity index (χ1) is 15.7. The van der Waals surface area contributed by atoms with Gasteiger partial charge in [0.2, 0.25) is 10.0 Å². The Kier molecular flexibility index (Phi) is 8.29. The first-order valence-corrected chi connectivity index (χ1v) is 12.9. The summed E-state index contributed by atoms with van der Waals surface area (Å²) in [4.78, 5) is 5.21. The van der Waals surface area contributed by atoms with Gasteiger partial charge >= 0.3 is 0 Å². The molecule has 186 valence electrons. The highest BCUT2D eigenvalue weighted by molar-refractivity contribution is 7.89. The quantitative estimate of drug-likeness (QED) is 0.649. The minimum Gasteiger partial charge on any atom is -0.497 e. The molecule has 2 heterocycles. The maximum Gasteiger partial charge on any atom is 0.243 e. The van der Waals surface area contributed by atoms with Gasteiger partial charge in [-0.25, -0.2) is 8.42 Å². The summed E-state index contributed by atoms with van der Waals surface area (Å²) in [6.07, 6.45) is 1.36. The van der Waals surface area contributed by atoms with Crippen LogP contribution in [-0.2, 0) is 16.6 Å². The standard InChI is InChI=1S/C25H34N4O3S.ClH/c1-18-14-20(3)23(15-19(18)2)33(30,31)29-12-8-25(9-13-29)24(26-10-11-28-25)27-17-21-6-5-7-22(16-21)32-4;/h5-7,14-16,28H,8-13,17H2,1-4H3,(H,26,27);1H. The molecule has 2 N–H and O–H groups in total. The predicted octanol–water partition coefficient (Wildman–Crippen LogP) is 3.36. The van der Waals surface area contributed by atoms with Crippen molar-refractivity contribution in [2.45, 2.75) is 50.6 Å². The Morgan fingerprint density at radius 3 is 2.50 bits per heavy atom. The molecule has 0 radical (unpaired) electrons. The van der Waals surface area contributed by atoms with Gasteiger partial charge in [-0.3, -0.25) is 4.99 Å². The van der Waals surface area contributed by atoms with Crippen LogP contribution >= 0.6 is 12.4 Å². The number of ether oxygens (including phenoxy) is 1. The SMILES string of the molecule is COc1cccc(CNC2=NCCNC23CCN(S(=O)(=O)c2cc(C)c(C)cc2C)CC3)c1.Cl. The van der Waals surface area contributed by atoms with Crippen LogP contribution in [0.2, 0.25) is 0 Å². The van der Waals surface area contributed by atoms with Gasteiger partial charge in [-0.2, -0.15) is 4.31 Å². The van der Waals surface area contributed by atoms with E-state index in [0.29, 0.717) is 43.9 Å². The topological polar surface area (TPSA) is 83.0 Å². The summed E-state index contributed by atoms with van der Waals surface area (Å²) in [5.74, 6) is 1.75. The van der Waals surface area contributed by atoms with Gasteiger partial charge < -0.3 is 15.4 Å². The highest BCUT2D eigenvalue weighted by Gasteiger charge is 2.43. The number of aliphatic imine (C=N–C) groups is 1. The van der Waals surface area contributed by atoms with Gasteiger partial charge in [0.15, 0.2) is 0 Å². The zero-order valence-corrected chi connectivity index (χ0v) is 22.0. The molecule has 0 atom stereocenters. The average molecular weight is 507 g/mol. The van der Waals surface area contributed by atoms with Crippen molar-refractivity contribution >= 4 is 28.3 Å². The number of aryl methyl sites for hydroxylation is 3. The minimum atomic E-state index is -3.54. The molecule has 2 aromatic carbocycles. The molecule has 2 aliphatic heterocycles. The fraction of sp³-hybridized carbons (Fsp3) is 0.480. The van der Waals surface area contributed by atoms with Gasteiger partial charge in [0.05, 0.1) is 24.1 Å². The van der Waals surface area contributed by atoms with E-state index >= 15 is 0 Å². The molecule has 9 heteroatoms. The summed E-state index contributed by atoms with van der Waals surface area (Å²) < 4.78 is 33.8. The minimum absolute atomic E-state index is 0. The largest absolute Gasteiger partial charge is 0.497 e. The molecule has 2 aliphatic rings. The normalized spacial score (nSPS) is 18.2. The second-order valence-corrected chi connectivity index (χ2v) is 11.0. The van der Waals surface area contributed by atoms with Gasteiger partial charge in [0, 0.05) is 26.2 Å². The molecule has 0 amide bonds. The van der Waals surface area contributed by atoms with Crippen molar-refractivity contribution < 1.29 is 13.2 Å². The van der Waals surface area contributed by atoms with Crippen LogP contribution in [0, 0.1) is 20.8 Å². The maximum absolute atomic E-state index is 13.4. The van der Waals surface area contributed by atoms with Crippen LogP contribution in [0.3, 0.4) is 0 Å². The lowest BCUT2D eigenvalue weighted by atomic mass is 9.85. The van der Waals surface area contributed by atoms with Crippen molar-refractivity contribution in [2.75, 3.05) is 33.3 Å². The van der Waals surface area contributed by atoms with Crippen molar-refractivity contribution in [2.24, 2.45) is 4.99 Å². The first kappa shape index (κ1) is 26.5. The number of rotatable bonds is 5. The van der Waals surface area contributed by atoms with Gasteiger partial charge in [-0.1, -0.05) is 18.2 Å². The van der Waals surface area contributed by atoms with E-state index in [-0.39, 0.29) is 17.9 Å². The van der Waals surface area contributed by atoms with Gasteiger partial charge in [-0.15, -0.1) is 12.4 Å². The van der Waals surface area contributed by atoms with E-state index in [1.165, 1.54) is 0 Å². The Labute approximate surface area is 209 Å². The smallest absolute Gasteiger partial charge is 0.243 e. The number of halogens is 1. The van der Waals surface area contributed by atoms with Crippen molar-refractivity contribution in [1.29, 1.82) is 0 Å². The molecular weight excluding hydrogens is 472 g/mol. The molecular formula is C25H35ClN4O3S. The molecule has 0 unspecified atom stereocenters. The highest BCUT2D eigenvalue weighted by Crippen LogP contribution is 2.31. The first-order valence-electron chi connectivity index (χ1n) is 11.5. The fourth-order valence-corrected chi connectivity index (χ4v) is 6.50. The van der Waals surface area contributed by atoms with Crippen LogP contribution < -0.4 is 15.4 Å². The summed E-state index contributed by atoms with van der Waals surface area (Å²) in [7, 11) is -1.87. The Bertz CT molecular complexity index is 1160. The Morgan fingerprint density at radius 1 is 1.09 bits per heavy atom. The van der Waals surface area contributed by atoms with Crippen molar-refractivity contribution in [3.63, 3.8) is 0 Å².